The number of benzene rings is 1. The molecular formula is C13H13Cl2N3O2. The Labute approximate surface area is 126 Å². The summed E-state index contributed by atoms with van der Waals surface area (Å²) in [7, 11) is 0. The van der Waals surface area contributed by atoms with Crippen molar-refractivity contribution in [1.29, 1.82) is 5.26 Å². The molecule has 0 fully saturated rings. The lowest BCUT2D eigenvalue weighted by atomic mass is 10.2. The van der Waals surface area contributed by atoms with Gasteiger partial charge in [-0.1, -0.05) is 23.2 Å². The Morgan fingerprint density at radius 1 is 1.55 bits per heavy atom. The van der Waals surface area contributed by atoms with E-state index in [1.807, 2.05) is 0 Å². The van der Waals surface area contributed by atoms with E-state index in [-0.39, 0.29) is 17.1 Å². The van der Waals surface area contributed by atoms with Gasteiger partial charge in [0, 0.05) is 17.8 Å². The van der Waals surface area contributed by atoms with Gasteiger partial charge in [0.05, 0.1) is 16.8 Å². The summed E-state index contributed by atoms with van der Waals surface area (Å²) in [6.45, 7) is 1.82. The quantitative estimate of drug-likeness (QED) is 0.575. The number of hydrogen-bond donors (Lipinski definition) is 3. The molecule has 0 spiro atoms. The summed E-state index contributed by atoms with van der Waals surface area (Å²) in [5.41, 5.74) is 0.231. The minimum atomic E-state index is -0.602. The van der Waals surface area contributed by atoms with E-state index in [9.17, 15) is 4.79 Å². The van der Waals surface area contributed by atoms with Gasteiger partial charge in [0.25, 0.3) is 5.91 Å². The van der Waals surface area contributed by atoms with Crippen molar-refractivity contribution in [3.63, 3.8) is 0 Å². The predicted molar refractivity (Wildman–Crippen MR) is 78.5 cm³/mol. The van der Waals surface area contributed by atoms with Gasteiger partial charge in [0.15, 0.2) is 0 Å². The molecule has 1 atom stereocenters. The molecule has 0 bridgehead atoms. The first-order valence-electron chi connectivity index (χ1n) is 5.72. The highest BCUT2D eigenvalue weighted by atomic mass is 35.5. The summed E-state index contributed by atoms with van der Waals surface area (Å²) in [4.78, 5) is 11.9. The number of carbonyl (C=O) groups is 1. The van der Waals surface area contributed by atoms with Crippen molar-refractivity contribution >= 4 is 34.8 Å². The van der Waals surface area contributed by atoms with Gasteiger partial charge in [-0.15, -0.1) is 0 Å². The molecule has 1 aromatic rings. The maximum absolute atomic E-state index is 11.9. The number of halogens is 2. The first-order chi connectivity index (χ1) is 9.43. The second-order valence-electron chi connectivity index (χ2n) is 4.01. The molecule has 0 aromatic heterocycles. The molecule has 0 saturated heterocycles. The highest BCUT2D eigenvalue weighted by Gasteiger charge is 2.11. The summed E-state index contributed by atoms with van der Waals surface area (Å²) in [5.74, 6) is -0.602. The van der Waals surface area contributed by atoms with Crippen molar-refractivity contribution in [2.24, 2.45) is 0 Å². The molecule has 1 rings (SSSR count). The first-order valence-corrected chi connectivity index (χ1v) is 6.47. The van der Waals surface area contributed by atoms with E-state index in [0.717, 1.165) is 0 Å². The second-order valence-corrected chi connectivity index (χ2v) is 4.85. The molecular weight excluding hydrogens is 301 g/mol. The van der Waals surface area contributed by atoms with Crippen LogP contribution in [-0.4, -0.2) is 23.7 Å². The lowest BCUT2D eigenvalue weighted by molar-refractivity contribution is -0.112. The Balaban J connectivity index is 2.75. The first kappa shape index (κ1) is 16.3. The minimum absolute atomic E-state index is 0.128. The van der Waals surface area contributed by atoms with E-state index in [4.69, 9.17) is 33.6 Å². The molecule has 3 N–H and O–H groups in total. The SMILES string of the molecule is CC(O)CN/C=C(/C#N)C(=O)Nc1ccc(Cl)cc1Cl. The summed E-state index contributed by atoms with van der Waals surface area (Å²) in [6, 6.07) is 6.37. The summed E-state index contributed by atoms with van der Waals surface area (Å²) in [5, 5.41) is 23.9. The third kappa shape index (κ3) is 5.10. The number of hydrogen-bond acceptors (Lipinski definition) is 4. The largest absolute Gasteiger partial charge is 0.392 e. The van der Waals surface area contributed by atoms with Crippen molar-refractivity contribution in [3.05, 3.63) is 40.0 Å². The zero-order chi connectivity index (χ0) is 15.1. The van der Waals surface area contributed by atoms with Gasteiger partial charge in [0.1, 0.15) is 11.6 Å². The fourth-order valence-electron chi connectivity index (χ4n) is 1.26. The monoisotopic (exact) mass is 313 g/mol. The number of rotatable bonds is 5. The van der Waals surface area contributed by atoms with Gasteiger partial charge in [-0.3, -0.25) is 4.79 Å². The molecule has 20 heavy (non-hydrogen) atoms. The Morgan fingerprint density at radius 2 is 2.25 bits per heavy atom. The van der Waals surface area contributed by atoms with Gasteiger partial charge in [0.2, 0.25) is 0 Å². The van der Waals surface area contributed by atoms with Crippen LogP contribution in [0.5, 0.6) is 0 Å². The van der Waals surface area contributed by atoms with Crippen molar-refractivity contribution in [1.82, 2.24) is 5.32 Å². The van der Waals surface area contributed by atoms with E-state index in [1.165, 1.54) is 12.3 Å². The molecule has 5 nitrogen and oxygen atoms in total. The third-order valence-corrected chi connectivity index (χ3v) is 2.75. The van der Waals surface area contributed by atoms with Gasteiger partial charge in [-0.05, 0) is 25.1 Å². The van der Waals surface area contributed by atoms with Crippen LogP contribution in [0.25, 0.3) is 0 Å². The number of aliphatic hydroxyl groups is 1. The molecule has 0 aliphatic heterocycles. The highest BCUT2D eigenvalue weighted by Crippen LogP contribution is 2.25. The molecule has 0 aliphatic carbocycles. The molecule has 0 radical (unpaired) electrons. The van der Waals surface area contributed by atoms with Crippen LogP contribution in [0.15, 0.2) is 30.0 Å². The van der Waals surface area contributed by atoms with E-state index in [1.54, 1.807) is 25.1 Å². The molecule has 106 valence electrons. The highest BCUT2D eigenvalue weighted by molar-refractivity contribution is 6.36. The Hall–Kier alpha value is -1.74. The average molecular weight is 314 g/mol. The lowest BCUT2D eigenvalue weighted by Crippen LogP contribution is -2.22. The maximum Gasteiger partial charge on any atom is 0.267 e. The molecule has 1 unspecified atom stereocenters. The summed E-state index contributed by atoms with van der Waals surface area (Å²) < 4.78 is 0. The molecule has 0 heterocycles. The normalized spacial score (nSPS) is 12.4. The van der Waals surface area contributed by atoms with Crippen LogP contribution < -0.4 is 10.6 Å². The smallest absolute Gasteiger partial charge is 0.267 e. The van der Waals surface area contributed by atoms with Gasteiger partial charge in [-0.2, -0.15) is 5.26 Å². The topological polar surface area (TPSA) is 85.2 Å². The lowest BCUT2D eigenvalue weighted by Gasteiger charge is -2.07. The number of nitrogens with one attached hydrogen (secondary N) is 2. The zero-order valence-electron chi connectivity index (χ0n) is 10.7. The number of nitriles is 1. The number of aliphatic hydroxyl groups excluding tert-OH is 1. The fourth-order valence-corrected chi connectivity index (χ4v) is 1.72. The van der Waals surface area contributed by atoms with Crippen LogP contribution in [0.3, 0.4) is 0 Å². The second kappa shape index (κ2) is 7.75. The molecule has 0 saturated carbocycles. The standard InChI is InChI=1S/C13H13Cl2N3O2/c1-8(19)6-17-7-9(5-16)13(20)18-12-3-2-10(14)4-11(12)15/h2-4,7-8,17,19H,6H2,1H3,(H,18,20)/b9-7-. The van der Waals surface area contributed by atoms with Crippen molar-refractivity contribution in [2.45, 2.75) is 13.0 Å². The molecule has 1 aromatic carbocycles. The van der Waals surface area contributed by atoms with Crippen molar-refractivity contribution in [3.8, 4) is 6.07 Å². The van der Waals surface area contributed by atoms with Crippen LogP contribution in [0, 0.1) is 11.3 Å². The number of carbonyl (C=O) groups excluding carboxylic acids is 1. The van der Waals surface area contributed by atoms with Crippen molar-refractivity contribution in [2.75, 3.05) is 11.9 Å². The van der Waals surface area contributed by atoms with E-state index in [2.05, 4.69) is 10.6 Å². The number of amides is 1. The number of nitrogens with zero attached hydrogens (tertiary/aromatic N) is 1. The van der Waals surface area contributed by atoms with Crippen LogP contribution in [0.4, 0.5) is 5.69 Å². The molecule has 1 amide bonds. The Bertz CT molecular complexity index is 565. The van der Waals surface area contributed by atoms with Gasteiger partial charge < -0.3 is 15.7 Å². The zero-order valence-corrected chi connectivity index (χ0v) is 12.2. The van der Waals surface area contributed by atoms with Crippen LogP contribution in [-0.2, 0) is 4.79 Å². The maximum atomic E-state index is 11.9. The third-order valence-electron chi connectivity index (χ3n) is 2.20. The van der Waals surface area contributed by atoms with E-state index < -0.39 is 12.0 Å². The Morgan fingerprint density at radius 3 is 2.80 bits per heavy atom. The van der Waals surface area contributed by atoms with E-state index in [0.29, 0.717) is 10.7 Å². The predicted octanol–water partition coefficient (Wildman–Crippen LogP) is 2.31. The summed E-state index contributed by atoms with van der Waals surface area (Å²) in [6.07, 6.45) is 0.659. The average Bonchev–Trinajstić information content (AvgIpc) is 2.37. The minimum Gasteiger partial charge on any atom is -0.392 e. The van der Waals surface area contributed by atoms with Gasteiger partial charge >= 0.3 is 0 Å². The van der Waals surface area contributed by atoms with E-state index >= 15 is 0 Å². The number of anilines is 1. The fraction of sp³-hybridized carbons (Fsp3) is 0.231. The van der Waals surface area contributed by atoms with Gasteiger partial charge in [-0.25, -0.2) is 0 Å². The molecule has 0 aliphatic rings. The van der Waals surface area contributed by atoms with Crippen molar-refractivity contribution < 1.29 is 9.90 Å². The van der Waals surface area contributed by atoms with Crippen LogP contribution >= 0.6 is 23.2 Å². The van der Waals surface area contributed by atoms with Crippen LogP contribution in [0.2, 0.25) is 10.0 Å². The van der Waals surface area contributed by atoms with Crippen LogP contribution in [0.1, 0.15) is 6.92 Å². The summed E-state index contributed by atoms with van der Waals surface area (Å²) >= 11 is 11.7. The Kier molecular flexibility index (Phi) is 6.32. The molecule has 7 heteroatoms.